The highest BCUT2D eigenvalue weighted by Gasteiger charge is 2.10. The van der Waals surface area contributed by atoms with Crippen molar-refractivity contribution in [3.05, 3.63) is 29.8 Å². The SMILES string of the molecule is CCCCCCNC(=O)COC(=O)c1cccc(O)c1. The molecule has 110 valence electrons. The molecule has 0 aliphatic carbocycles. The van der Waals surface area contributed by atoms with Crippen LogP contribution < -0.4 is 5.32 Å². The van der Waals surface area contributed by atoms with E-state index in [1.54, 1.807) is 6.07 Å². The van der Waals surface area contributed by atoms with Crippen LogP contribution in [0.25, 0.3) is 0 Å². The minimum Gasteiger partial charge on any atom is -0.508 e. The molecule has 0 atom stereocenters. The molecule has 0 saturated carbocycles. The molecule has 0 saturated heterocycles. The van der Waals surface area contributed by atoms with E-state index in [1.807, 2.05) is 0 Å². The van der Waals surface area contributed by atoms with Crippen molar-refractivity contribution in [2.45, 2.75) is 32.6 Å². The number of benzene rings is 1. The summed E-state index contributed by atoms with van der Waals surface area (Å²) in [5.74, 6) is -0.947. The van der Waals surface area contributed by atoms with Crippen LogP contribution in [0.1, 0.15) is 43.0 Å². The second-order valence-electron chi connectivity index (χ2n) is 4.54. The number of nitrogens with one attached hydrogen (secondary N) is 1. The van der Waals surface area contributed by atoms with Crippen molar-refractivity contribution in [3.8, 4) is 5.75 Å². The lowest BCUT2D eigenvalue weighted by Crippen LogP contribution is -2.29. The Morgan fingerprint density at radius 1 is 1.25 bits per heavy atom. The first-order chi connectivity index (χ1) is 9.63. The monoisotopic (exact) mass is 279 g/mol. The second-order valence-corrected chi connectivity index (χ2v) is 4.54. The quantitative estimate of drug-likeness (QED) is 0.565. The normalized spacial score (nSPS) is 10.1. The van der Waals surface area contributed by atoms with Crippen molar-refractivity contribution in [3.63, 3.8) is 0 Å². The fourth-order valence-electron chi connectivity index (χ4n) is 1.68. The fourth-order valence-corrected chi connectivity index (χ4v) is 1.68. The molecular formula is C15H21NO4. The molecule has 0 fully saturated rings. The Labute approximate surface area is 118 Å². The molecule has 5 nitrogen and oxygen atoms in total. The van der Waals surface area contributed by atoms with Crippen molar-refractivity contribution in [1.82, 2.24) is 5.32 Å². The third-order valence-electron chi connectivity index (χ3n) is 2.77. The summed E-state index contributed by atoms with van der Waals surface area (Å²) in [4.78, 5) is 23.0. The molecule has 0 bridgehead atoms. The largest absolute Gasteiger partial charge is 0.508 e. The number of hydrogen-bond acceptors (Lipinski definition) is 4. The van der Waals surface area contributed by atoms with Crippen LogP contribution in [-0.2, 0) is 9.53 Å². The lowest BCUT2D eigenvalue weighted by molar-refractivity contribution is -0.124. The predicted octanol–water partition coefficient (Wildman–Crippen LogP) is 2.25. The molecule has 5 heteroatoms. The molecule has 20 heavy (non-hydrogen) atoms. The summed E-state index contributed by atoms with van der Waals surface area (Å²) < 4.78 is 4.86. The van der Waals surface area contributed by atoms with E-state index >= 15 is 0 Å². The summed E-state index contributed by atoms with van der Waals surface area (Å²) in [6.45, 7) is 2.42. The predicted molar refractivity (Wildman–Crippen MR) is 75.5 cm³/mol. The number of amides is 1. The first kappa shape index (κ1) is 16.0. The van der Waals surface area contributed by atoms with Crippen LogP contribution in [0.4, 0.5) is 0 Å². The maximum Gasteiger partial charge on any atom is 0.338 e. The van der Waals surface area contributed by atoms with Gasteiger partial charge in [0.25, 0.3) is 5.91 Å². The molecule has 2 N–H and O–H groups in total. The number of phenolic OH excluding ortho intramolecular Hbond substituents is 1. The molecule has 0 aliphatic rings. The van der Waals surface area contributed by atoms with E-state index in [9.17, 15) is 14.7 Å². The number of ether oxygens (including phenoxy) is 1. The maximum atomic E-state index is 11.6. The van der Waals surface area contributed by atoms with Gasteiger partial charge >= 0.3 is 5.97 Å². The van der Waals surface area contributed by atoms with E-state index in [4.69, 9.17) is 4.74 Å². The van der Waals surface area contributed by atoms with Gasteiger partial charge in [-0.1, -0.05) is 32.3 Å². The van der Waals surface area contributed by atoms with Crippen molar-refractivity contribution in [2.24, 2.45) is 0 Å². The first-order valence-corrected chi connectivity index (χ1v) is 6.86. The summed E-state index contributed by atoms with van der Waals surface area (Å²) in [5, 5.41) is 11.9. The second kappa shape index (κ2) is 8.96. The Hall–Kier alpha value is -2.04. The number of carbonyl (C=O) groups excluding carboxylic acids is 2. The standard InChI is InChI=1S/C15H21NO4/c1-2-3-4-5-9-16-14(18)11-20-15(19)12-7-6-8-13(17)10-12/h6-8,10,17H,2-5,9,11H2,1H3,(H,16,18). The van der Waals surface area contributed by atoms with Crippen molar-refractivity contribution in [1.29, 1.82) is 0 Å². The number of carbonyl (C=O) groups is 2. The van der Waals surface area contributed by atoms with Crippen molar-refractivity contribution in [2.75, 3.05) is 13.2 Å². The minimum atomic E-state index is -0.623. The molecule has 0 unspecified atom stereocenters. The smallest absolute Gasteiger partial charge is 0.338 e. The summed E-state index contributed by atoms with van der Waals surface area (Å²) in [7, 11) is 0. The summed E-state index contributed by atoms with van der Waals surface area (Å²) in [6, 6.07) is 5.81. The Bertz CT molecular complexity index is 445. The lowest BCUT2D eigenvalue weighted by Gasteiger charge is -2.06. The fraction of sp³-hybridized carbons (Fsp3) is 0.467. The third kappa shape index (κ3) is 6.22. The van der Waals surface area contributed by atoms with E-state index in [0.29, 0.717) is 6.54 Å². The van der Waals surface area contributed by atoms with E-state index < -0.39 is 5.97 Å². The Kier molecular flexibility index (Phi) is 7.17. The van der Waals surface area contributed by atoms with Gasteiger partial charge in [0.2, 0.25) is 0 Å². The molecule has 0 heterocycles. The first-order valence-electron chi connectivity index (χ1n) is 6.86. The summed E-state index contributed by atoms with van der Waals surface area (Å²) in [6.07, 6.45) is 4.32. The van der Waals surface area contributed by atoms with Gasteiger partial charge < -0.3 is 15.2 Å². The van der Waals surface area contributed by atoms with Gasteiger partial charge in [0.15, 0.2) is 6.61 Å². The molecule has 1 rings (SSSR count). The summed E-state index contributed by atoms with van der Waals surface area (Å²) in [5.41, 5.74) is 0.223. The summed E-state index contributed by atoms with van der Waals surface area (Å²) >= 11 is 0. The zero-order valence-electron chi connectivity index (χ0n) is 11.7. The Morgan fingerprint density at radius 3 is 2.75 bits per heavy atom. The van der Waals surface area contributed by atoms with Gasteiger partial charge in [-0.3, -0.25) is 4.79 Å². The van der Waals surface area contributed by atoms with Crippen LogP contribution in [0.15, 0.2) is 24.3 Å². The molecule has 1 amide bonds. The van der Waals surface area contributed by atoms with E-state index in [-0.39, 0.29) is 23.8 Å². The van der Waals surface area contributed by atoms with Gasteiger partial charge in [-0.15, -0.1) is 0 Å². The van der Waals surface area contributed by atoms with Gasteiger partial charge in [-0.05, 0) is 24.6 Å². The van der Waals surface area contributed by atoms with Gasteiger partial charge in [0.1, 0.15) is 5.75 Å². The number of unbranched alkanes of at least 4 members (excludes halogenated alkanes) is 3. The Morgan fingerprint density at radius 2 is 2.05 bits per heavy atom. The Balaban J connectivity index is 2.22. The van der Waals surface area contributed by atoms with Crippen LogP contribution in [0.3, 0.4) is 0 Å². The molecule has 0 spiro atoms. The highest BCUT2D eigenvalue weighted by atomic mass is 16.5. The van der Waals surface area contributed by atoms with Crippen molar-refractivity contribution >= 4 is 11.9 Å². The average Bonchev–Trinajstić information content (AvgIpc) is 2.44. The number of hydrogen-bond donors (Lipinski definition) is 2. The highest BCUT2D eigenvalue weighted by Crippen LogP contribution is 2.11. The van der Waals surface area contributed by atoms with Crippen LogP contribution >= 0.6 is 0 Å². The van der Waals surface area contributed by atoms with Crippen molar-refractivity contribution < 1.29 is 19.4 Å². The van der Waals surface area contributed by atoms with Crippen LogP contribution in [0.5, 0.6) is 5.75 Å². The van der Waals surface area contributed by atoms with E-state index in [1.165, 1.54) is 18.2 Å². The molecule has 0 radical (unpaired) electrons. The maximum absolute atomic E-state index is 11.6. The number of aromatic hydroxyl groups is 1. The van der Waals surface area contributed by atoms with Gasteiger partial charge in [0.05, 0.1) is 5.56 Å². The molecule has 1 aromatic rings. The average molecular weight is 279 g/mol. The topological polar surface area (TPSA) is 75.6 Å². The molecule has 0 aromatic heterocycles. The third-order valence-corrected chi connectivity index (χ3v) is 2.77. The zero-order chi connectivity index (χ0) is 14.8. The lowest BCUT2D eigenvalue weighted by atomic mass is 10.2. The van der Waals surface area contributed by atoms with Gasteiger partial charge in [-0.2, -0.15) is 0 Å². The number of rotatable bonds is 8. The van der Waals surface area contributed by atoms with E-state index in [0.717, 1.165) is 25.7 Å². The van der Waals surface area contributed by atoms with Crippen LogP contribution in [0, 0.1) is 0 Å². The number of esters is 1. The van der Waals surface area contributed by atoms with E-state index in [2.05, 4.69) is 12.2 Å². The minimum absolute atomic E-state index is 0.0141. The van der Waals surface area contributed by atoms with Gasteiger partial charge in [-0.25, -0.2) is 4.79 Å². The van der Waals surface area contributed by atoms with Gasteiger partial charge in [0, 0.05) is 6.54 Å². The highest BCUT2D eigenvalue weighted by molar-refractivity contribution is 5.91. The molecule has 1 aromatic carbocycles. The number of phenols is 1. The van der Waals surface area contributed by atoms with Crippen LogP contribution in [0.2, 0.25) is 0 Å². The molecule has 0 aliphatic heterocycles. The molecular weight excluding hydrogens is 258 g/mol. The zero-order valence-corrected chi connectivity index (χ0v) is 11.7. The van der Waals surface area contributed by atoms with Crippen LogP contribution in [-0.4, -0.2) is 30.1 Å².